The molecule has 0 atom stereocenters. The van der Waals surface area contributed by atoms with Gasteiger partial charge in [0.2, 0.25) is 0 Å². The first-order valence-electron chi connectivity index (χ1n) is 5.41. The second kappa shape index (κ2) is 5.71. The second-order valence-corrected chi connectivity index (χ2v) is 4.09. The summed E-state index contributed by atoms with van der Waals surface area (Å²) in [4.78, 5) is 10.9. The first kappa shape index (κ1) is 13.4. The third kappa shape index (κ3) is 3.23. The molecule has 5 heteroatoms. The molecule has 1 heterocycles. The van der Waals surface area contributed by atoms with Crippen molar-refractivity contribution in [3.8, 4) is 11.3 Å². The van der Waals surface area contributed by atoms with E-state index in [1.54, 1.807) is 18.2 Å². The second-order valence-electron chi connectivity index (χ2n) is 3.69. The highest BCUT2D eigenvalue weighted by atomic mass is 35.5. The molecule has 0 bridgehead atoms. The van der Waals surface area contributed by atoms with Crippen molar-refractivity contribution in [3.63, 3.8) is 0 Å². The predicted molar refractivity (Wildman–Crippen MR) is 70.2 cm³/mol. The van der Waals surface area contributed by atoms with Crippen LogP contribution in [0.3, 0.4) is 0 Å². The molecule has 0 spiro atoms. The zero-order valence-corrected chi connectivity index (χ0v) is 10.8. The summed E-state index contributed by atoms with van der Waals surface area (Å²) in [5, 5.41) is 0.0283. The van der Waals surface area contributed by atoms with Crippen LogP contribution in [0.2, 0.25) is 5.02 Å². The number of esters is 1. The van der Waals surface area contributed by atoms with Crippen molar-refractivity contribution >= 4 is 23.6 Å². The molecule has 0 aliphatic rings. The van der Waals surface area contributed by atoms with E-state index in [4.69, 9.17) is 16.0 Å². The van der Waals surface area contributed by atoms with E-state index in [-0.39, 0.29) is 5.02 Å². The van der Waals surface area contributed by atoms with Crippen molar-refractivity contribution in [1.29, 1.82) is 0 Å². The lowest BCUT2D eigenvalue weighted by atomic mass is 10.2. The van der Waals surface area contributed by atoms with Gasteiger partial charge in [0.15, 0.2) is 0 Å². The minimum absolute atomic E-state index is 0.0283. The molecule has 0 N–H and O–H groups in total. The monoisotopic (exact) mass is 280 g/mol. The largest absolute Gasteiger partial charge is 0.466 e. The van der Waals surface area contributed by atoms with Gasteiger partial charge in [0, 0.05) is 11.6 Å². The van der Waals surface area contributed by atoms with Gasteiger partial charge in [-0.3, -0.25) is 0 Å². The van der Waals surface area contributed by atoms with E-state index in [9.17, 15) is 9.18 Å². The molecule has 0 unspecified atom stereocenters. The summed E-state index contributed by atoms with van der Waals surface area (Å²) in [5.41, 5.74) is 0.657. The van der Waals surface area contributed by atoms with E-state index in [0.29, 0.717) is 17.1 Å². The lowest BCUT2D eigenvalue weighted by Gasteiger charge is -1.98. The van der Waals surface area contributed by atoms with Gasteiger partial charge in [-0.05, 0) is 36.4 Å². The van der Waals surface area contributed by atoms with E-state index >= 15 is 0 Å². The third-order valence-corrected chi connectivity index (χ3v) is 2.71. The van der Waals surface area contributed by atoms with Crippen LogP contribution in [0.5, 0.6) is 0 Å². The summed E-state index contributed by atoms with van der Waals surface area (Å²) in [6, 6.07) is 7.70. The SMILES string of the molecule is COC(=O)C=Cc1ccc(-c2ccc(F)c(Cl)c2)o1. The minimum atomic E-state index is -0.484. The van der Waals surface area contributed by atoms with Crippen LogP contribution < -0.4 is 0 Å². The van der Waals surface area contributed by atoms with Gasteiger partial charge in [-0.2, -0.15) is 0 Å². The van der Waals surface area contributed by atoms with Gasteiger partial charge in [-0.15, -0.1) is 0 Å². The molecule has 0 aliphatic heterocycles. The Morgan fingerprint density at radius 1 is 1.37 bits per heavy atom. The fourth-order valence-electron chi connectivity index (χ4n) is 1.47. The number of benzene rings is 1. The Kier molecular flexibility index (Phi) is 4.02. The molecule has 98 valence electrons. The van der Waals surface area contributed by atoms with E-state index in [2.05, 4.69) is 4.74 Å². The van der Waals surface area contributed by atoms with Crippen LogP contribution in [0.15, 0.2) is 40.8 Å². The van der Waals surface area contributed by atoms with Gasteiger partial charge in [0.05, 0.1) is 12.1 Å². The zero-order valence-electron chi connectivity index (χ0n) is 10.0. The van der Waals surface area contributed by atoms with E-state index < -0.39 is 11.8 Å². The average molecular weight is 281 g/mol. The quantitative estimate of drug-likeness (QED) is 0.632. The fraction of sp³-hybridized carbons (Fsp3) is 0.0714. The average Bonchev–Trinajstić information content (AvgIpc) is 2.88. The highest BCUT2D eigenvalue weighted by Crippen LogP contribution is 2.26. The Morgan fingerprint density at radius 3 is 2.84 bits per heavy atom. The van der Waals surface area contributed by atoms with Crippen LogP contribution in [0, 0.1) is 5.82 Å². The Bertz CT molecular complexity index is 631. The van der Waals surface area contributed by atoms with Crippen molar-refractivity contribution in [2.24, 2.45) is 0 Å². The Balaban J connectivity index is 2.23. The normalized spacial score (nSPS) is 10.9. The third-order valence-electron chi connectivity index (χ3n) is 2.42. The zero-order chi connectivity index (χ0) is 13.8. The first-order valence-corrected chi connectivity index (χ1v) is 5.79. The van der Waals surface area contributed by atoms with Crippen molar-refractivity contribution in [2.45, 2.75) is 0 Å². The molecule has 0 fully saturated rings. The number of hydrogen-bond donors (Lipinski definition) is 0. The van der Waals surface area contributed by atoms with E-state index in [0.717, 1.165) is 0 Å². The van der Waals surface area contributed by atoms with Crippen LogP contribution in [0.1, 0.15) is 5.76 Å². The van der Waals surface area contributed by atoms with Crippen molar-refractivity contribution in [1.82, 2.24) is 0 Å². The van der Waals surface area contributed by atoms with Crippen molar-refractivity contribution in [3.05, 3.63) is 53.0 Å². The molecular weight excluding hydrogens is 271 g/mol. The number of methoxy groups -OCH3 is 1. The molecule has 1 aromatic carbocycles. The molecule has 2 aromatic rings. The number of hydrogen-bond acceptors (Lipinski definition) is 3. The van der Waals surface area contributed by atoms with Crippen LogP contribution in [-0.4, -0.2) is 13.1 Å². The number of carbonyl (C=O) groups excluding carboxylic acids is 1. The highest BCUT2D eigenvalue weighted by molar-refractivity contribution is 6.31. The topological polar surface area (TPSA) is 39.4 Å². The standard InChI is InChI=1S/C14H10ClFO3/c1-18-14(17)7-4-10-3-6-13(19-10)9-2-5-12(16)11(15)8-9/h2-8H,1H3. The van der Waals surface area contributed by atoms with Crippen LogP contribution in [0.4, 0.5) is 4.39 Å². The smallest absolute Gasteiger partial charge is 0.330 e. The van der Waals surface area contributed by atoms with Crippen LogP contribution in [0.25, 0.3) is 17.4 Å². The maximum Gasteiger partial charge on any atom is 0.330 e. The number of carbonyl (C=O) groups is 1. The van der Waals surface area contributed by atoms with Gasteiger partial charge in [0.25, 0.3) is 0 Å². The molecule has 19 heavy (non-hydrogen) atoms. The Hall–Kier alpha value is -2.07. The summed E-state index contributed by atoms with van der Waals surface area (Å²) in [6.45, 7) is 0. The maximum atomic E-state index is 13.0. The Labute approximate surface area is 114 Å². The molecule has 0 saturated heterocycles. The van der Waals surface area contributed by atoms with Crippen molar-refractivity contribution < 1.29 is 18.3 Å². The van der Waals surface area contributed by atoms with E-state index in [1.807, 2.05) is 0 Å². The summed E-state index contributed by atoms with van der Waals surface area (Å²) in [5.74, 6) is 0.0674. The summed E-state index contributed by atoms with van der Waals surface area (Å²) >= 11 is 5.70. The summed E-state index contributed by atoms with van der Waals surface area (Å²) in [7, 11) is 1.29. The maximum absolute atomic E-state index is 13.0. The Morgan fingerprint density at radius 2 is 2.16 bits per heavy atom. The van der Waals surface area contributed by atoms with E-state index in [1.165, 1.54) is 31.4 Å². The molecule has 1 aromatic heterocycles. The van der Waals surface area contributed by atoms with Gasteiger partial charge in [-0.1, -0.05) is 11.6 Å². The lowest BCUT2D eigenvalue weighted by molar-refractivity contribution is -0.134. The highest BCUT2D eigenvalue weighted by Gasteiger charge is 2.06. The minimum Gasteiger partial charge on any atom is -0.466 e. The molecule has 0 radical (unpaired) electrons. The number of ether oxygens (including phenoxy) is 1. The van der Waals surface area contributed by atoms with Gasteiger partial charge < -0.3 is 9.15 Å². The molecule has 0 saturated carbocycles. The van der Waals surface area contributed by atoms with Gasteiger partial charge in [0.1, 0.15) is 17.3 Å². The molecule has 3 nitrogen and oxygen atoms in total. The fourth-order valence-corrected chi connectivity index (χ4v) is 1.65. The van der Waals surface area contributed by atoms with Crippen LogP contribution in [-0.2, 0) is 9.53 Å². The number of rotatable bonds is 3. The molecular formula is C14H10ClFO3. The first-order chi connectivity index (χ1) is 9.10. The summed E-state index contributed by atoms with van der Waals surface area (Å²) < 4.78 is 23.0. The predicted octanol–water partition coefficient (Wildman–Crippen LogP) is 3.93. The molecule has 0 amide bonds. The number of furan rings is 1. The van der Waals surface area contributed by atoms with Crippen molar-refractivity contribution in [2.75, 3.05) is 7.11 Å². The number of halogens is 2. The van der Waals surface area contributed by atoms with Gasteiger partial charge >= 0.3 is 5.97 Å². The van der Waals surface area contributed by atoms with Gasteiger partial charge in [-0.25, -0.2) is 9.18 Å². The molecule has 2 rings (SSSR count). The van der Waals surface area contributed by atoms with Crippen LogP contribution >= 0.6 is 11.6 Å². The lowest BCUT2D eigenvalue weighted by Crippen LogP contribution is -1.92. The molecule has 0 aliphatic carbocycles. The summed E-state index contributed by atoms with van der Waals surface area (Å²) in [6.07, 6.45) is 2.74.